The lowest BCUT2D eigenvalue weighted by Crippen LogP contribution is -2.46. The molecular weight excluding hydrogens is 336 g/mol. The van der Waals surface area contributed by atoms with E-state index in [0.717, 1.165) is 0 Å². The third-order valence-corrected chi connectivity index (χ3v) is 2.81. The standard InChI is InChI=1S/2C6H12O6/c2*7-1-3(9)5(11)6(12)4(10)2-8/h3,5-9,11-12H,1-2H2;1,3-6,8-12H,2H2/t3-,5-,6-;3-,4+,5+,6+/m11/s1. The Bertz CT molecular complexity index is 351. The van der Waals surface area contributed by atoms with E-state index in [2.05, 4.69) is 0 Å². The van der Waals surface area contributed by atoms with Crippen LogP contribution in [0, 0.1) is 0 Å². The number of hydrogen-bond acceptors (Lipinski definition) is 12. The molecule has 0 aliphatic rings. The van der Waals surface area contributed by atoms with Gasteiger partial charge >= 0.3 is 0 Å². The summed E-state index contributed by atoms with van der Waals surface area (Å²) in [6.07, 6.45) is -12.1. The molecule has 144 valence electrons. The first-order valence-corrected chi connectivity index (χ1v) is 6.65. The van der Waals surface area contributed by atoms with Crippen LogP contribution in [0.1, 0.15) is 0 Å². The molecule has 7 atom stereocenters. The Morgan fingerprint density at radius 2 is 1.17 bits per heavy atom. The number of Topliss-reactive ketones (excluding diaryl/α,β-unsaturated/α-hetero) is 1. The van der Waals surface area contributed by atoms with Crippen LogP contribution in [0.2, 0.25) is 0 Å². The number of carbonyl (C=O) groups excluding carboxylic acids is 2. The maximum absolute atomic E-state index is 10.5. The van der Waals surface area contributed by atoms with Crippen LogP contribution in [0.4, 0.5) is 0 Å². The Morgan fingerprint density at radius 3 is 1.50 bits per heavy atom. The molecule has 0 spiro atoms. The normalized spacial score (nSPS) is 19.8. The summed E-state index contributed by atoms with van der Waals surface area (Å²) in [4.78, 5) is 20.4. The van der Waals surface area contributed by atoms with Gasteiger partial charge in [0.1, 0.15) is 49.3 Å². The summed E-state index contributed by atoms with van der Waals surface area (Å²) < 4.78 is 0. The highest BCUT2D eigenvalue weighted by Crippen LogP contribution is 2.03. The number of carbonyl (C=O) groups is 2. The third kappa shape index (κ3) is 8.70. The number of aliphatic hydroxyl groups is 10. The first-order chi connectivity index (χ1) is 11.1. The summed E-state index contributed by atoms with van der Waals surface area (Å²) >= 11 is 0. The van der Waals surface area contributed by atoms with Crippen molar-refractivity contribution in [3.63, 3.8) is 0 Å². The molecular formula is C12H24O12. The zero-order valence-electron chi connectivity index (χ0n) is 12.5. The summed E-state index contributed by atoms with van der Waals surface area (Å²) in [5.41, 5.74) is 0. The van der Waals surface area contributed by atoms with Crippen molar-refractivity contribution in [1.82, 2.24) is 0 Å². The van der Waals surface area contributed by atoms with Crippen molar-refractivity contribution in [3.05, 3.63) is 0 Å². The Kier molecular flexibility index (Phi) is 13.9. The van der Waals surface area contributed by atoms with E-state index in [-0.39, 0.29) is 6.29 Å². The quantitative estimate of drug-likeness (QED) is 0.164. The molecule has 0 saturated carbocycles. The fourth-order valence-electron chi connectivity index (χ4n) is 1.22. The van der Waals surface area contributed by atoms with Crippen LogP contribution < -0.4 is 0 Å². The average molecular weight is 360 g/mol. The molecule has 0 aromatic heterocycles. The van der Waals surface area contributed by atoms with Gasteiger partial charge in [0.2, 0.25) is 0 Å². The van der Waals surface area contributed by atoms with Gasteiger partial charge in [-0.1, -0.05) is 0 Å². The molecule has 0 amide bonds. The van der Waals surface area contributed by atoms with Gasteiger partial charge < -0.3 is 55.9 Å². The average Bonchev–Trinajstić information content (AvgIpc) is 2.62. The Labute approximate surface area is 136 Å². The van der Waals surface area contributed by atoms with Crippen LogP contribution in [0.25, 0.3) is 0 Å². The first-order valence-electron chi connectivity index (χ1n) is 6.65. The fraction of sp³-hybridized carbons (Fsp3) is 0.833. The molecule has 0 aromatic carbocycles. The maximum atomic E-state index is 10.5. The molecule has 0 rings (SSSR count). The molecule has 0 aliphatic carbocycles. The third-order valence-electron chi connectivity index (χ3n) is 2.81. The number of aliphatic hydroxyl groups excluding tert-OH is 10. The van der Waals surface area contributed by atoms with Crippen molar-refractivity contribution in [1.29, 1.82) is 0 Å². The largest absolute Gasteiger partial charge is 0.394 e. The van der Waals surface area contributed by atoms with Gasteiger partial charge in [0, 0.05) is 0 Å². The van der Waals surface area contributed by atoms with Gasteiger partial charge in [-0.15, -0.1) is 0 Å². The van der Waals surface area contributed by atoms with E-state index < -0.39 is 68.3 Å². The molecule has 0 unspecified atom stereocenters. The van der Waals surface area contributed by atoms with E-state index in [0.29, 0.717) is 0 Å². The van der Waals surface area contributed by atoms with E-state index in [1.807, 2.05) is 0 Å². The van der Waals surface area contributed by atoms with Crippen LogP contribution in [0.3, 0.4) is 0 Å². The molecule has 24 heavy (non-hydrogen) atoms. The molecule has 0 aromatic rings. The summed E-state index contributed by atoms with van der Waals surface area (Å²) in [6, 6.07) is 0. The Hall–Kier alpha value is -1.06. The first kappa shape index (κ1) is 25.2. The lowest BCUT2D eigenvalue weighted by atomic mass is 10.0. The van der Waals surface area contributed by atoms with Gasteiger partial charge in [-0.05, 0) is 0 Å². The van der Waals surface area contributed by atoms with Crippen LogP contribution in [0.5, 0.6) is 0 Å². The topological polar surface area (TPSA) is 236 Å². The molecule has 12 heteroatoms. The van der Waals surface area contributed by atoms with Crippen molar-refractivity contribution in [3.8, 4) is 0 Å². The van der Waals surface area contributed by atoms with Crippen LogP contribution in [0.15, 0.2) is 0 Å². The Morgan fingerprint density at radius 1 is 0.750 bits per heavy atom. The molecule has 0 heterocycles. The van der Waals surface area contributed by atoms with Gasteiger partial charge in [-0.25, -0.2) is 0 Å². The highest BCUT2D eigenvalue weighted by Gasteiger charge is 2.30. The summed E-state index contributed by atoms with van der Waals surface area (Å²) in [6.45, 7) is -2.45. The van der Waals surface area contributed by atoms with Gasteiger partial charge in [0.15, 0.2) is 12.1 Å². The SMILES string of the molecule is O=C(CO)[C@@H](O)[C@H](O)[C@H](O)CO.O=C[C@@H](O)[C@H](O)[C@@H](O)[C@@H](O)CO. The van der Waals surface area contributed by atoms with E-state index in [4.69, 9.17) is 51.1 Å². The van der Waals surface area contributed by atoms with Crippen LogP contribution >= 0.6 is 0 Å². The number of ketones is 1. The summed E-state index contributed by atoms with van der Waals surface area (Å²) in [5, 5.41) is 86.6. The van der Waals surface area contributed by atoms with E-state index in [1.54, 1.807) is 0 Å². The van der Waals surface area contributed by atoms with Gasteiger partial charge in [-0.2, -0.15) is 0 Å². The molecule has 0 fully saturated rings. The minimum atomic E-state index is -1.86. The zero-order valence-corrected chi connectivity index (χ0v) is 12.5. The lowest BCUT2D eigenvalue weighted by Gasteiger charge is -2.22. The Balaban J connectivity index is 0. The molecule has 12 nitrogen and oxygen atoms in total. The molecule has 0 saturated heterocycles. The van der Waals surface area contributed by atoms with Gasteiger partial charge in [0.05, 0.1) is 13.2 Å². The van der Waals surface area contributed by atoms with Crippen molar-refractivity contribution in [2.45, 2.75) is 42.7 Å². The highest BCUT2D eigenvalue weighted by atomic mass is 16.4. The second-order valence-electron chi connectivity index (χ2n) is 4.67. The predicted molar refractivity (Wildman–Crippen MR) is 74.4 cm³/mol. The van der Waals surface area contributed by atoms with E-state index in [9.17, 15) is 9.59 Å². The van der Waals surface area contributed by atoms with Crippen LogP contribution in [-0.4, -0.2) is 126 Å². The monoisotopic (exact) mass is 360 g/mol. The van der Waals surface area contributed by atoms with Gasteiger partial charge in [0.25, 0.3) is 0 Å². The molecule has 0 bridgehead atoms. The number of aldehydes is 1. The van der Waals surface area contributed by atoms with E-state index >= 15 is 0 Å². The van der Waals surface area contributed by atoms with Crippen molar-refractivity contribution in [2.24, 2.45) is 0 Å². The number of rotatable bonds is 10. The van der Waals surface area contributed by atoms with Gasteiger partial charge in [-0.3, -0.25) is 4.79 Å². The predicted octanol–water partition coefficient (Wildman–Crippen LogP) is -6.76. The minimum absolute atomic E-state index is 0.0258. The molecule has 0 aliphatic heterocycles. The van der Waals surface area contributed by atoms with Crippen molar-refractivity contribution >= 4 is 12.1 Å². The smallest absolute Gasteiger partial charge is 0.189 e. The minimum Gasteiger partial charge on any atom is -0.394 e. The molecule has 10 N–H and O–H groups in total. The fourth-order valence-corrected chi connectivity index (χ4v) is 1.22. The second kappa shape index (κ2) is 13.3. The summed E-state index contributed by atoms with van der Waals surface area (Å²) in [5.74, 6) is -1.00. The van der Waals surface area contributed by atoms with Crippen molar-refractivity contribution < 1.29 is 60.7 Å². The summed E-state index contributed by atoms with van der Waals surface area (Å²) in [7, 11) is 0. The second-order valence-corrected chi connectivity index (χ2v) is 4.67. The van der Waals surface area contributed by atoms with Crippen LogP contribution in [-0.2, 0) is 9.59 Å². The molecule has 0 radical (unpaired) electrons. The highest BCUT2D eigenvalue weighted by molar-refractivity contribution is 5.84. The lowest BCUT2D eigenvalue weighted by molar-refractivity contribution is -0.142. The zero-order chi connectivity index (χ0) is 19.4. The van der Waals surface area contributed by atoms with E-state index in [1.165, 1.54) is 0 Å². The maximum Gasteiger partial charge on any atom is 0.189 e. The van der Waals surface area contributed by atoms with Crippen molar-refractivity contribution in [2.75, 3.05) is 19.8 Å². The number of hydrogen-bond donors (Lipinski definition) is 10.